The topological polar surface area (TPSA) is 58.2 Å². The van der Waals surface area contributed by atoms with E-state index in [9.17, 15) is 9.59 Å². The number of halogens is 1. The molecule has 1 aliphatic rings. The molecule has 1 heterocycles. The Morgan fingerprint density at radius 2 is 2.33 bits per heavy atom. The molecule has 2 N–H and O–H groups in total. The summed E-state index contributed by atoms with van der Waals surface area (Å²) in [6.45, 7) is 0.964. The van der Waals surface area contributed by atoms with Crippen molar-refractivity contribution in [1.29, 1.82) is 0 Å². The second kappa shape index (κ2) is 6.00. The summed E-state index contributed by atoms with van der Waals surface area (Å²) in [5.74, 6) is -0.0594. The summed E-state index contributed by atoms with van der Waals surface area (Å²) >= 11 is 3.39. The first-order valence-electron chi connectivity index (χ1n) is 5.94. The van der Waals surface area contributed by atoms with Crippen LogP contribution < -0.4 is 10.6 Å². The lowest BCUT2D eigenvalue weighted by molar-refractivity contribution is -0.129. The van der Waals surface area contributed by atoms with E-state index in [1.54, 1.807) is 0 Å². The summed E-state index contributed by atoms with van der Waals surface area (Å²) in [5, 5.41) is 5.61. The van der Waals surface area contributed by atoms with Crippen LogP contribution in [0.1, 0.15) is 18.4 Å². The van der Waals surface area contributed by atoms with Crippen LogP contribution >= 0.6 is 15.9 Å². The molecule has 1 fully saturated rings. The van der Waals surface area contributed by atoms with Crippen LogP contribution in [-0.4, -0.2) is 18.4 Å². The monoisotopic (exact) mass is 310 g/mol. The van der Waals surface area contributed by atoms with Crippen LogP contribution in [0.4, 0.5) is 0 Å². The van der Waals surface area contributed by atoms with Crippen molar-refractivity contribution in [2.45, 2.75) is 19.4 Å². The molecule has 5 heteroatoms. The Morgan fingerprint density at radius 1 is 1.50 bits per heavy atom. The van der Waals surface area contributed by atoms with Crippen molar-refractivity contribution < 1.29 is 9.59 Å². The predicted molar refractivity (Wildman–Crippen MR) is 71.7 cm³/mol. The zero-order valence-electron chi connectivity index (χ0n) is 9.91. The van der Waals surface area contributed by atoms with E-state index in [-0.39, 0.29) is 17.7 Å². The lowest BCUT2D eigenvalue weighted by atomic mass is 9.98. The molecule has 1 atom stereocenters. The number of carbonyl (C=O) groups is 2. The first kappa shape index (κ1) is 13.1. The highest BCUT2D eigenvalue weighted by Gasteiger charge is 2.23. The Morgan fingerprint density at radius 3 is 3.00 bits per heavy atom. The van der Waals surface area contributed by atoms with Gasteiger partial charge in [0.25, 0.3) is 0 Å². The summed E-state index contributed by atoms with van der Waals surface area (Å²) in [7, 11) is 0. The molecule has 1 aromatic carbocycles. The standard InChI is InChI=1S/C13H15BrN2O2/c14-11-3-1-2-9(6-11)7-16-13(18)10-4-5-12(17)15-8-10/h1-3,6,10H,4-5,7-8H2,(H,15,17)(H,16,18). The fraction of sp³-hybridized carbons (Fsp3) is 0.385. The molecule has 0 bridgehead atoms. The van der Waals surface area contributed by atoms with E-state index in [1.807, 2.05) is 24.3 Å². The number of hydrogen-bond donors (Lipinski definition) is 2. The number of carbonyl (C=O) groups excluding carboxylic acids is 2. The maximum Gasteiger partial charge on any atom is 0.225 e. The third-order valence-electron chi connectivity index (χ3n) is 2.99. The minimum Gasteiger partial charge on any atom is -0.355 e. The van der Waals surface area contributed by atoms with E-state index < -0.39 is 0 Å². The van der Waals surface area contributed by atoms with Crippen LogP contribution in [0.15, 0.2) is 28.7 Å². The molecule has 0 aromatic heterocycles. The van der Waals surface area contributed by atoms with Gasteiger partial charge in [0.1, 0.15) is 0 Å². The largest absolute Gasteiger partial charge is 0.355 e. The van der Waals surface area contributed by atoms with Crippen LogP contribution in [-0.2, 0) is 16.1 Å². The summed E-state index contributed by atoms with van der Waals surface area (Å²) in [4.78, 5) is 22.9. The maximum atomic E-state index is 11.9. The zero-order chi connectivity index (χ0) is 13.0. The molecule has 2 rings (SSSR count). The molecule has 0 aliphatic carbocycles. The smallest absolute Gasteiger partial charge is 0.225 e. The minimum atomic E-state index is -0.102. The van der Waals surface area contributed by atoms with Gasteiger partial charge in [0, 0.05) is 24.0 Å². The van der Waals surface area contributed by atoms with Gasteiger partial charge in [-0.15, -0.1) is 0 Å². The van der Waals surface area contributed by atoms with Gasteiger partial charge in [-0.25, -0.2) is 0 Å². The van der Waals surface area contributed by atoms with Gasteiger partial charge in [-0.1, -0.05) is 28.1 Å². The van der Waals surface area contributed by atoms with Crippen molar-refractivity contribution in [3.63, 3.8) is 0 Å². The number of piperidine rings is 1. The third-order valence-corrected chi connectivity index (χ3v) is 3.49. The van der Waals surface area contributed by atoms with Crippen molar-refractivity contribution in [2.24, 2.45) is 5.92 Å². The maximum absolute atomic E-state index is 11.9. The number of benzene rings is 1. The van der Waals surface area contributed by atoms with Gasteiger partial charge in [0.15, 0.2) is 0 Å². The molecule has 1 aromatic rings. The van der Waals surface area contributed by atoms with Crippen molar-refractivity contribution >= 4 is 27.7 Å². The van der Waals surface area contributed by atoms with Crippen molar-refractivity contribution in [3.8, 4) is 0 Å². The van der Waals surface area contributed by atoms with Crippen LogP contribution in [0.2, 0.25) is 0 Å². The van der Waals surface area contributed by atoms with E-state index in [1.165, 1.54) is 0 Å². The van der Waals surface area contributed by atoms with Crippen LogP contribution in [0, 0.1) is 5.92 Å². The number of hydrogen-bond acceptors (Lipinski definition) is 2. The Labute approximate surface area is 114 Å². The molecule has 0 radical (unpaired) electrons. The van der Waals surface area contributed by atoms with E-state index in [0.29, 0.717) is 25.9 Å². The average molecular weight is 311 g/mol. The van der Waals surface area contributed by atoms with Crippen molar-refractivity contribution in [3.05, 3.63) is 34.3 Å². The highest BCUT2D eigenvalue weighted by Crippen LogP contribution is 2.13. The Kier molecular flexibility index (Phi) is 4.36. The molecule has 2 amide bonds. The molecular weight excluding hydrogens is 296 g/mol. The Balaban J connectivity index is 1.83. The fourth-order valence-corrected chi connectivity index (χ4v) is 2.38. The zero-order valence-corrected chi connectivity index (χ0v) is 11.5. The number of rotatable bonds is 3. The van der Waals surface area contributed by atoms with Crippen LogP contribution in [0.25, 0.3) is 0 Å². The lowest BCUT2D eigenvalue weighted by Gasteiger charge is -2.21. The predicted octanol–water partition coefficient (Wildman–Crippen LogP) is 1.59. The second-order valence-corrected chi connectivity index (χ2v) is 5.30. The SMILES string of the molecule is O=C1CCC(C(=O)NCc2cccc(Br)c2)CN1. The van der Waals surface area contributed by atoms with Gasteiger partial charge in [-0.2, -0.15) is 0 Å². The normalized spacial score (nSPS) is 19.2. The Hall–Kier alpha value is -1.36. The molecule has 1 saturated heterocycles. The minimum absolute atomic E-state index is 0.00924. The average Bonchev–Trinajstić information content (AvgIpc) is 2.37. The van der Waals surface area contributed by atoms with Crippen LogP contribution in [0.5, 0.6) is 0 Å². The molecule has 0 spiro atoms. The van der Waals surface area contributed by atoms with Gasteiger partial charge in [0.2, 0.25) is 11.8 Å². The molecule has 0 saturated carbocycles. The van der Waals surface area contributed by atoms with Crippen molar-refractivity contribution in [2.75, 3.05) is 6.54 Å². The molecular formula is C13H15BrN2O2. The molecule has 96 valence electrons. The van der Waals surface area contributed by atoms with Gasteiger partial charge in [0.05, 0.1) is 5.92 Å². The van der Waals surface area contributed by atoms with E-state index >= 15 is 0 Å². The molecule has 1 unspecified atom stereocenters. The lowest BCUT2D eigenvalue weighted by Crippen LogP contribution is -2.42. The summed E-state index contributed by atoms with van der Waals surface area (Å²) in [6, 6.07) is 7.82. The van der Waals surface area contributed by atoms with Crippen LogP contribution in [0.3, 0.4) is 0 Å². The fourth-order valence-electron chi connectivity index (χ4n) is 1.94. The second-order valence-electron chi connectivity index (χ2n) is 4.39. The highest BCUT2D eigenvalue weighted by atomic mass is 79.9. The van der Waals surface area contributed by atoms with Gasteiger partial charge in [-0.3, -0.25) is 9.59 Å². The van der Waals surface area contributed by atoms with E-state index in [4.69, 9.17) is 0 Å². The van der Waals surface area contributed by atoms with Gasteiger partial charge in [-0.05, 0) is 24.1 Å². The summed E-state index contributed by atoms with van der Waals surface area (Å²) < 4.78 is 0.999. The highest BCUT2D eigenvalue weighted by molar-refractivity contribution is 9.10. The summed E-state index contributed by atoms with van der Waals surface area (Å²) in [5.41, 5.74) is 1.05. The van der Waals surface area contributed by atoms with Crippen molar-refractivity contribution in [1.82, 2.24) is 10.6 Å². The first-order valence-corrected chi connectivity index (χ1v) is 6.73. The van der Waals surface area contributed by atoms with E-state index in [0.717, 1.165) is 10.0 Å². The first-order chi connectivity index (χ1) is 8.65. The van der Waals surface area contributed by atoms with Gasteiger partial charge >= 0.3 is 0 Å². The number of amides is 2. The van der Waals surface area contributed by atoms with Gasteiger partial charge < -0.3 is 10.6 Å². The molecule has 1 aliphatic heterocycles. The quantitative estimate of drug-likeness (QED) is 0.891. The Bertz CT molecular complexity index is 452. The molecule has 4 nitrogen and oxygen atoms in total. The molecule has 18 heavy (non-hydrogen) atoms. The van der Waals surface area contributed by atoms with E-state index in [2.05, 4.69) is 26.6 Å². The summed E-state index contributed by atoms with van der Waals surface area (Å²) in [6.07, 6.45) is 1.07. The third kappa shape index (κ3) is 3.57. The number of nitrogens with one attached hydrogen (secondary N) is 2.